The molecule has 2 fully saturated rings. The molecule has 8 rings (SSSR count). The number of amides is 5. The maximum Gasteiger partial charge on any atom is 0.314 e. The van der Waals surface area contributed by atoms with Gasteiger partial charge in [0.25, 0.3) is 5.91 Å². The Morgan fingerprint density at radius 1 is 0.904 bits per heavy atom. The smallest absolute Gasteiger partial charge is 0.314 e. The van der Waals surface area contributed by atoms with Crippen molar-refractivity contribution >= 4 is 86.9 Å². The van der Waals surface area contributed by atoms with Gasteiger partial charge in [-0.05, 0) is 72.0 Å². The molecule has 0 saturated carbocycles. The molecular formula is C58H60Cl3F4N11O7. The number of piperazine rings is 1. The van der Waals surface area contributed by atoms with E-state index in [0.29, 0.717) is 0 Å². The van der Waals surface area contributed by atoms with Crippen LogP contribution in [0, 0.1) is 40.0 Å². The van der Waals surface area contributed by atoms with Crippen LogP contribution < -0.4 is 36.6 Å². The lowest BCUT2D eigenvalue weighted by atomic mass is 9.62. The topological polar surface area (TPSA) is 240 Å². The lowest BCUT2D eigenvalue weighted by molar-refractivity contribution is -0.130. The molecule has 0 spiro atoms. The molecular weight excluding hydrogens is 1150 g/mol. The lowest BCUT2D eigenvalue weighted by Crippen LogP contribution is -2.50. The van der Waals surface area contributed by atoms with Crippen LogP contribution >= 0.6 is 34.8 Å². The monoisotopic (exact) mass is 1200 g/mol. The van der Waals surface area contributed by atoms with Crippen molar-refractivity contribution in [1.82, 2.24) is 30.4 Å². The second kappa shape index (κ2) is 25.9. The fraction of sp³-hybridized carbons (Fsp3) is 0.362. The summed E-state index contributed by atoms with van der Waals surface area (Å²) in [6.45, 7) is 7.29. The zero-order chi connectivity index (χ0) is 60.1. The lowest BCUT2D eigenvalue weighted by Gasteiger charge is -2.37. The zero-order valence-corrected chi connectivity index (χ0v) is 48.1. The van der Waals surface area contributed by atoms with Crippen molar-refractivity contribution in [3.05, 3.63) is 134 Å². The van der Waals surface area contributed by atoms with Crippen LogP contribution in [-0.4, -0.2) is 134 Å². The largest absolute Gasteiger partial charge is 0.507 e. The number of aromatic nitrogens is 2. The molecule has 0 radical (unpaired) electrons. The van der Waals surface area contributed by atoms with Crippen molar-refractivity contribution in [3.63, 3.8) is 0 Å². The molecule has 18 nitrogen and oxygen atoms in total. The molecule has 1 aromatic heterocycles. The SMILES string of the molecule is COc1cc(C(=O)NCCOCCN(C)C(=O)CCNc2nc(N3CCN(C(N)=O)CC3)c3cc(Cl)c(-c4c(O)cccc4F)c(F)c3n2)ccc1NC(=O)[C@@H]1N[C@@H](CC(C)(C)C)[C@](C#N)(c2ccc(Cl)cc2F)[C@H]1c1cccc(Cl)c1F. The fourth-order valence-electron chi connectivity index (χ4n) is 10.6. The Morgan fingerprint density at radius 2 is 1.64 bits per heavy atom. The number of nitrogens with zero attached hydrogens (tertiary/aromatic N) is 6. The number of likely N-dealkylation sites (N-methyl/N-ethyl adjacent to an activating group) is 1. The standard InChI is InChI=1S/C58H60Cl3F4N11O7/c1-57(2,3)29-43-58(30-66,35-14-13-32(59)27-39(35)63)47(33-8-6-9-36(60)48(33)64)51(71-43)54(80)70-40-15-12-31(26-42(40)82-5)53(79)68-18-24-83-25-23-74(4)44(78)16-17-69-56-72-50-34(52(73-56)75-19-21-76(22-20-75)55(67)81)28-37(61)45(49(50)65)46-38(62)10-7-11-41(46)77/h6-15,26-28,43,47,51,71,77H,16-25,29H2,1-5H3,(H2,67,81)(H,68,79)(H,70,80)(H,69,72,73)/t43-,47-,51+,58-/m0/s1. The number of nitrogens with one attached hydrogen (secondary N) is 4. The van der Waals surface area contributed by atoms with E-state index in [9.17, 15) is 29.5 Å². The van der Waals surface area contributed by atoms with Crippen molar-refractivity contribution in [2.24, 2.45) is 11.1 Å². The Balaban J connectivity index is 0.867. The summed E-state index contributed by atoms with van der Waals surface area (Å²) in [6.07, 6.45) is 0.214. The van der Waals surface area contributed by atoms with Gasteiger partial charge in [-0.3, -0.25) is 14.4 Å². The third-order valence-corrected chi connectivity index (χ3v) is 15.4. The molecule has 2 saturated heterocycles. The van der Waals surface area contributed by atoms with E-state index in [1.165, 1.54) is 83.6 Å². The molecule has 0 bridgehead atoms. The molecule has 5 amide bonds. The van der Waals surface area contributed by atoms with Crippen molar-refractivity contribution in [1.29, 1.82) is 5.26 Å². The number of phenolic OH excluding ortho intramolecular Hbond substituents is 1. The second-order valence-corrected chi connectivity index (χ2v) is 22.5. The summed E-state index contributed by atoms with van der Waals surface area (Å²) in [5, 5.41) is 33.4. The summed E-state index contributed by atoms with van der Waals surface area (Å²) >= 11 is 19.0. The highest BCUT2D eigenvalue weighted by atomic mass is 35.5. The van der Waals surface area contributed by atoms with Crippen molar-refractivity contribution in [3.8, 4) is 28.7 Å². The van der Waals surface area contributed by atoms with E-state index in [-0.39, 0.29) is 144 Å². The minimum atomic E-state index is -1.86. The van der Waals surface area contributed by atoms with E-state index in [1.54, 1.807) is 11.9 Å². The van der Waals surface area contributed by atoms with Gasteiger partial charge >= 0.3 is 6.03 Å². The molecule has 6 aromatic rings. The number of primary amides is 1. The number of carbonyl (C=O) groups excluding carboxylic acids is 4. The van der Waals surface area contributed by atoms with Gasteiger partial charge in [-0.1, -0.05) is 79.8 Å². The normalized spacial score (nSPS) is 17.9. The maximum atomic E-state index is 16.5. The van der Waals surface area contributed by atoms with Gasteiger partial charge in [-0.25, -0.2) is 27.3 Å². The number of fused-ring (bicyclic) bond motifs is 1. The van der Waals surface area contributed by atoms with E-state index >= 15 is 17.6 Å². The Hall–Kier alpha value is -7.68. The fourth-order valence-corrected chi connectivity index (χ4v) is 11.2. The summed E-state index contributed by atoms with van der Waals surface area (Å²) in [7, 11) is 2.92. The Bertz CT molecular complexity index is 3490. The third-order valence-electron chi connectivity index (χ3n) is 14.6. The first-order valence-electron chi connectivity index (χ1n) is 26.3. The van der Waals surface area contributed by atoms with Crippen LogP contribution in [0.2, 0.25) is 15.1 Å². The molecule has 2 aliphatic heterocycles. The van der Waals surface area contributed by atoms with Crippen molar-refractivity contribution < 1.29 is 51.3 Å². The van der Waals surface area contributed by atoms with Gasteiger partial charge in [-0.2, -0.15) is 10.2 Å². The molecule has 3 heterocycles. The number of nitrogens with two attached hydrogens (primary N) is 1. The van der Waals surface area contributed by atoms with Crippen molar-refractivity contribution in [2.45, 2.75) is 57.0 Å². The van der Waals surface area contributed by atoms with Gasteiger partial charge < -0.3 is 56.3 Å². The number of methoxy groups -OCH3 is 1. The average molecular weight is 1210 g/mol. The van der Waals surface area contributed by atoms with Crippen molar-refractivity contribution in [2.75, 3.05) is 88.7 Å². The zero-order valence-electron chi connectivity index (χ0n) is 45.8. The molecule has 2 aliphatic rings. The Labute approximate surface area is 491 Å². The first-order valence-corrected chi connectivity index (χ1v) is 27.5. The van der Waals surface area contributed by atoms with Gasteiger partial charge in [-0.15, -0.1) is 0 Å². The number of phenols is 1. The van der Waals surface area contributed by atoms with Gasteiger partial charge in [0.2, 0.25) is 17.8 Å². The first kappa shape index (κ1) is 61.4. The Morgan fingerprint density at radius 3 is 2.31 bits per heavy atom. The number of ether oxygens (including phenoxy) is 2. The van der Waals surface area contributed by atoms with Crippen LogP contribution in [0.4, 0.5) is 39.8 Å². The number of hydrogen-bond donors (Lipinski definition) is 6. The number of hydrogen-bond acceptors (Lipinski definition) is 13. The number of aromatic hydroxyl groups is 1. The molecule has 5 aromatic carbocycles. The summed E-state index contributed by atoms with van der Waals surface area (Å²) in [4.78, 5) is 66.7. The predicted molar refractivity (Wildman–Crippen MR) is 308 cm³/mol. The highest BCUT2D eigenvalue weighted by molar-refractivity contribution is 6.34. The number of halogens is 7. The van der Waals surface area contributed by atoms with Crippen LogP contribution in [0.15, 0.2) is 78.9 Å². The molecule has 0 unspecified atom stereocenters. The Kier molecular flexibility index (Phi) is 19.1. The van der Waals surface area contributed by atoms with E-state index in [2.05, 4.69) is 37.3 Å². The number of benzene rings is 5. The average Bonchev–Trinajstić information content (AvgIpc) is 1.85. The summed E-state index contributed by atoms with van der Waals surface area (Å²) in [6, 6.07) is 16.9. The van der Waals surface area contributed by atoms with Crippen LogP contribution in [0.3, 0.4) is 0 Å². The van der Waals surface area contributed by atoms with Crippen LogP contribution in [0.5, 0.6) is 11.5 Å². The molecule has 438 valence electrons. The van der Waals surface area contributed by atoms with Gasteiger partial charge in [0.1, 0.15) is 45.7 Å². The molecule has 25 heteroatoms. The minimum Gasteiger partial charge on any atom is -0.507 e. The highest BCUT2D eigenvalue weighted by Gasteiger charge is 2.61. The second-order valence-electron chi connectivity index (χ2n) is 21.2. The molecule has 0 aliphatic carbocycles. The first-order chi connectivity index (χ1) is 39.5. The number of urea groups is 1. The van der Waals surface area contributed by atoms with Crippen LogP contribution in [-0.2, 0) is 19.7 Å². The number of rotatable bonds is 19. The summed E-state index contributed by atoms with van der Waals surface area (Å²) in [5.41, 5.74) is 2.23. The van der Waals surface area contributed by atoms with Gasteiger partial charge in [0.05, 0.1) is 53.7 Å². The summed E-state index contributed by atoms with van der Waals surface area (Å²) in [5.74, 6) is -6.66. The van der Waals surface area contributed by atoms with E-state index in [0.717, 1.165) is 12.1 Å². The van der Waals surface area contributed by atoms with E-state index < -0.39 is 86.8 Å². The van der Waals surface area contributed by atoms with Crippen LogP contribution in [0.25, 0.3) is 22.0 Å². The van der Waals surface area contributed by atoms with E-state index in [1.807, 2.05) is 20.8 Å². The van der Waals surface area contributed by atoms with E-state index in [4.69, 9.17) is 50.0 Å². The third kappa shape index (κ3) is 13.2. The minimum absolute atomic E-state index is 0.0165. The molecule has 7 N–H and O–H groups in total. The maximum absolute atomic E-state index is 16.5. The quantitative estimate of drug-likeness (QED) is 0.0328. The summed E-state index contributed by atoms with van der Waals surface area (Å²) < 4.78 is 75.2. The van der Waals surface area contributed by atoms with Gasteiger partial charge in [0.15, 0.2) is 5.82 Å². The number of nitriles is 1. The number of carbonyl (C=O) groups is 4. The number of anilines is 3. The predicted octanol–water partition coefficient (Wildman–Crippen LogP) is 9.40. The highest BCUT2D eigenvalue weighted by Crippen LogP contribution is 2.53. The molecule has 83 heavy (non-hydrogen) atoms. The van der Waals surface area contributed by atoms with Crippen LogP contribution in [0.1, 0.15) is 61.0 Å². The van der Waals surface area contributed by atoms with Gasteiger partial charge in [0, 0.05) is 98.3 Å². The molecule has 4 atom stereocenters.